The van der Waals surface area contributed by atoms with Crippen LogP contribution in [-0.4, -0.2) is 11.0 Å². The summed E-state index contributed by atoms with van der Waals surface area (Å²) in [5, 5.41) is 4.07. The molecule has 0 aliphatic carbocycles. The summed E-state index contributed by atoms with van der Waals surface area (Å²) in [5.41, 5.74) is 1.03. The molecule has 1 aromatic heterocycles. The lowest BCUT2D eigenvalue weighted by Gasteiger charge is -2.13. The molecule has 2 aromatic rings. The molecular formula is C15H17ClN2O. The molecule has 100 valence electrons. The predicted octanol–water partition coefficient (Wildman–Crippen LogP) is 4.03. The van der Waals surface area contributed by atoms with E-state index in [9.17, 15) is 0 Å². The molecule has 0 radical (unpaired) electrons. The van der Waals surface area contributed by atoms with E-state index in [1.165, 1.54) is 0 Å². The Hall–Kier alpha value is -1.58. The summed E-state index contributed by atoms with van der Waals surface area (Å²) in [5.74, 6) is 1.51. The Morgan fingerprint density at radius 3 is 2.84 bits per heavy atom. The number of aromatic nitrogens is 1. The smallest absolute Gasteiger partial charge is 0.145 e. The molecule has 0 spiro atoms. The van der Waals surface area contributed by atoms with Crippen molar-refractivity contribution in [3.63, 3.8) is 0 Å². The molecule has 0 saturated carbocycles. The maximum Gasteiger partial charge on any atom is 0.145 e. The number of rotatable bonds is 5. The summed E-state index contributed by atoms with van der Waals surface area (Å²) in [6.45, 7) is 4.92. The maximum atomic E-state index is 6.04. The van der Waals surface area contributed by atoms with E-state index >= 15 is 0 Å². The van der Waals surface area contributed by atoms with E-state index in [2.05, 4.69) is 24.1 Å². The Bertz CT molecular complexity index is 529. The van der Waals surface area contributed by atoms with Gasteiger partial charge in [0.15, 0.2) is 0 Å². The highest BCUT2D eigenvalue weighted by Gasteiger charge is 2.07. The average Bonchev–Trinajstić information content (AvgIpc) is 2.40. The molecule has 19 heavy (non-hydrogen) atoms. The van der Waals surface area contributed by atoms with Crippen molar-refractivity contribution in [1.29, 1.82) is 0 Å². The number of hydrogen-bond acceptors (Lipinski definition) is 3. The van der Waals surface area contributed by atoms with Gasteiger partial charge in [0.05, 0.1) is 6.20 Å². The van der Waals surface area contributed by atoms with Crippen molar-refractivity contribution in [3.05, 3.63) is 53.3 Å². The quantitative estimate of drug-likeness (QED) is 0.895. The number of ether oxygens (including phenoxy) is 1. The van der Waals surface area contributed by atoms with Crippen LogP contribution >= 0.6 is 11.6 Å². The largest absolute Gasteiger partial charge is 0.455 e. The van der Waals surface area contributed by atoms with Crippen molar-refractivity contribution in [2.75, 3.05) is 0 Å². The molecule has 0 amide bonds. The van der Waals surface area contributed by atoms with E-state index in [-0.39, 0.29) is 0 Å². The van der Waals surface area contributed by atoms with Crippen LogP contribution in [0.2, 0.25) is 5.02 Å². The van der Waals surface area contributed by atoms with Crippen molar-refractivity contribution >= 4 is 11.6 Å². The Morgan fingerprint density at radius 1 is 1.32 bits per heavy atom. The highest BCUT2D eigenvalue weighted by molar-refractivity contribution is 6.30. The van der Waals surface area contributed by atoms with Gasteiger partial charge in [-0.15, -0.1) is 0 Å². The molecule has 4 heteroatoms. The van der Waals surface area contributed by atoms with Crippen LogP contribution in [-0.2, 0) is 6.54 Å². The van der Waals surface area contributed by atoms with Crippen LogP contribution in [0.15, 0.2) is 42.7 Å². The minimum Gasteiger partial charge on any atom is -0.455 e. The predicted molar refractivity (Wildman–Crippen MR) is 77.7 cm³/mol. The van der Waals surface area contributed by atoms with Crippen LogP contribution in [0.5, 0.6) is 11.5 Å². The van der Waals surface area contributed by atoms with Gasteiger partial charge in [-0.2, -0.15) is 0 Å². The molecular weight excluding hydrogens is 260 g/mol. The highest BCUT2D eigenvalue weighted by atomic mass is 35.5. The molecule has 0 bridgehead atoms. The van der Waals surface area contributed by atoms with Gasteiger partial charge in [-0.1, -0.05) is 25.4 Å². The van der Waals surface area contributed by atoms with Gasteiger partial charge in [0.25, 0.3) is 0 Å². The summed E-state index contributed by atoms with van der Waals surface area (Å²) >= 11 is 6.04. The molecule has 0 unspecified atom stereocenters. The van der Waals surface area contributed by atoms with Crippen molar-refractivity contribution in [2.45, 2.75) is 26.4 Å². The maximum absolute atomic E-state index is 6.04. The first-order valence-electron chi connectivity index (χ1n) is 6.25. The van der Waals surface area contributed by atoms with E-state index < -0.39 is 0 Å². The van der Waals surface area contributed by atoms with Crippen LogP contribution in [0.3, 0.4) is 0 Å². The van der Waals surface area contributed by atoms with Gasteiger partial charge >= 0.3 is 0 Å². The summed E-state index contributed by atoms with van der Waals surface area (Å²) in [7, 11) is 0. The van der Waals surface area contributed by atoms with Crippen molar-refractivity contribution in [2.24, 2.45) is 0 Å². The van der Waals surface area contributed by atoms with Crippen molar-refractivity contribution in [3.8, 4) is 11.5 Å². The van der Waals surface area contributed by atoms with E-state index in [1.807, 2.05) is 30.3 Å². The molecule has 0 saturated heterocycles. The number of halogens is 1. The minimum atomic E-state index is 0.408. The fourth-order valence-corrected chi connectivity index (χ4v) is 1.83. The van der Waals surface area contributed by atoms with E-state index in [0.29, 0.717) is 17.6 Å². The van der Waals surface area contributed by atoms with Crippen molar-refractivity contribution < 1.29 is 4.74 Å². The van der Waals surface area contributed by atoms with Crippen LogP contribution in [0.25, 0.3) is 0 Å². The molecule has 0 aliphatic rings. The van der Waals surface area contributed by atoms with Crippen molar-refractivity contribution in [1.82, 2.24) is 10.3 Å². The number of hydrogen-bond donors (Lipinski definition) is 1. The molecule has 0 aliphatic heterocycles. The zero-order valence-electron chi connectivity index (χ0n) is 11.1. The normalized spacial score (nSPS) is 10.7. The monoisotopic (exact) mass is 276 g/mol. The number of nitrogens with one attached hydrogen (secondary N) is 1. The third-order valence-electron chi connectivity index (χ3n) is 2.59. The highest BCUT2D eigenvalue weighted by Crippen LogP contribution is 2.27. The SMILES string of the molecule is CC(C)NCc1cc(Cl)ccc1Oc1cccnc1. The number of nitrogens with zero attached hydrogens (tertiary/aromatic N) is 1. The van der Waals surface area contributed by atoms with Crippen LogP contribution in [0.4, 0.5) is 0 Å². The van der Waals surface area contributed by atoms with Crippen LogP contribution in [0, 0.1) is 0 Å². The van der Waals surface area contributed by atoms with Gasteiger partial charge in [-0.25, -0.2) is 0 Å². The Kier molecular flexibility index (Phi) is 4.77. The van der Waals surface area contributed by atoms with Gasteiger partial charge in [-0.05, 0) is 30.3 Å². The Balaban J connectivity index is 2.19. The second kappa shape index (κ2) is 6.55. The molecule has 0 atom stereocenters. The lowest BCUT2D eigenvalue weighted by Crippen LogP contribution is -2.22. The molecule has 2 rings (SSSR count). The Labute approximate surface area is 118 Å². The van der Waals surface area contributed by atoms with Gasteiger partial charge < -0.3 is 10.1 Å². The van der Waals surface area contributed by atoms with Gasteiger partial charge in [0.1, 0.15) is 11.5 Å². The second-order valence-electron chi connectivity index (χ2n) is 4.58. The van der Waals surface area contributed by atoms with Gasteiger partial charge in [-0.3, -0.25) is 4.98 Å². The fraction of sp³-hybridized carbons (Fsp3) is 0.267. The zero-order valence-corrected chi connectivity index (χ0v) is 11.8. The lowest BCUT2D eigenvalue weighted by molar-refractivity contribution is 0.467. The summed E-state index contributed by atoms with van der Waals surface area (Å²) in [6.07, 6.45) is 3.41. The molecule has 0 fully saturated rings. The first kappa shape index (κ1) is 13.8. The molecule has 1 heterocycles. The third kappa shape index (κ3) is 4.23. The summed E-state index contributed by atoms with van der Waals surface area (Å²) in [4.78, 5) is 4.04. The molecule has 3 nitrogen and oxygen atoms in total. The average molecular weight is 277 g/mol. The van der Waals surface area contributed by atoms with E-state index in [1.54, 1.807) is 12.4 Å². The first-order valence-corrected chi connectivity index (χ1v) is 6.62. The zero-order chi connectivity index (χ0) is 13.7. The van der Waals surface area contributed by atoms with Crippen LogP contribution < -0.4 is 10.1 Å². The molecule has 1 N–H and O–H groups in total. The Morgan fingerprint density at radius 2 is 2.16 bits per heavy atom. The fourth-order valence-electron chi connectivity index (χ4n) is 1.63. The summed E-state index contributed by atoms with van der Waals surface area (Å²) in [6, 6.07) is 9.75. The second-order valence-corrected chi connectivity index (χ2v) is 5.01. The van der Waals surface area contributed by atoms with Gasteiger partial charge in [0.2, 0.25) is 0 Å². The minimum absolute atomic E-state index is 0.408. The number of benzene rings is 1. The van der Waals surface area contributed by atoms with Crippen LogP contribution in [0.1, 0.15) is 19.4 Å². The van der Waals surface area contributed by atoms with E-state index in [0.717, 1.165) is 17.1 Å². The van der Waals surface area contributed by atoms with E-state index in [4.69, 9.17) is 16.3 Å². The lowest BCUT2D eigenvalue weighted by atomic mass is 10.2. The first-order chi connectivity index (χ1) is 9.15. The number of pyridine rings is 1. The standard InChI is InChI=1S/C15H17ClN2O/c1-11(2)18-9-12-8-13(16)5-6-15(12)19-14-4-3-7-17-10-14/h3-8,10-11,18H,9H2,1-2H3. The summed E-state index contributed by atoms with van der Waals surface area (Å²) < 4.78 is 5.84. The van der Waals surface area contributed by atoms with Gasteiger partial charge in [0, 0.05) is 29.4 Å². The third-order valence-corrected chi connectivity index (χ3v) is 2.82. The molecule has 1 aromatic carbocycles. The topological polar surface area (TPSA) is 34.1 Å².